The molecule has 7 rings (SSSR count). The molecular weight excluding hydrogens is 428 g/mol. The Labute approximate surface area is 203 Å². The third-order valence-electron chi connectivity index (χ3n) is 13.4. The van der Waals surface area contributed by atoms with E-state index in [-0.39, 0.29) is 34.6 Å². The van der Waals surface area contributed by atoms with Gasteiger partial charge in [0, 0.05) is 5.41 Å². The smallest absolute Gasteiger partial charge is 0.244 e. The van der Waals surface area contributed by atoms with Crippen LogP contribution in [-0.4, -0.2) is 38.7 Å². The molecule has 1 aromatic heterocycles. The predicted molar refractivity (Wildman–Crippen MR) is 125 cm³/mol. The molecule has 5 aliphatic carbocycles. The molecule has 4 unspecified atom stereocenters. The molecule has 2 heterocycles. The molecule has 6 nitrogen and oxygen atoms in total. The first-order chi connectivity index (χ1) is 16.0. The number of fused-ring (bicyclic) bond motifs is 4. The summed E-state index contributed by atoms with van der Waals surface area (Å²) in [5, 5.41) is 31.1. The summed E-state index contributed by atoms with van der Waals surface area (Å²) in [5.74, 6) is 2.45. The molecule has 6 heteroatoms. The van der Waals surface area contributed by atoms with Gasteiger partial charge in [-0.05, 0) is 96.7 Å². The standard InChI is InChI=1S/C28H42N2O4/c1-15-12-16(23-30-29-14-33-23)34-21-20(15)25(4)10-11-28-13-27(28)9-8-19(31)24(2,3)17(27)6-7-18(28)26(25,5)22(21)32/h14-22,31-32H,6-13H2,1-5H3/t15-,16?,17+,18?,19?,20+,21?,22+,25-,26-,27-,28+/m1/s1. The minimum absolute atomic E-state index is 0.00836. The van der Waals surface area contributed by atoms with Gasteiger partial charge >= 0.3 is 0 Å². The minimum atomic E-state index is -0.478. The molecule has 2 N–H and O–H groups in total. The van der Waals surface area contributed by atoms with Crippen molar-refractivity contribution in [3.63, 3.8) is 0 Å². The predicted octanol–water partition coefficient (Wildman–Crippen LogP) is 4.92. The maximum atomic E-state index is 12.2. The van der Waals surface area contributed by atoms with Crippen LogP contribution in [0.2, 0.25) is 0 Å². The molecule has 1 aliphatic heterocycles. The fourth-order valence-corrected chi connectivity index (χ4v) is 11.8. The number of aliphatic hydroxyl groups excluding tert-OH is 2. The number of aromatic nitrogens is 2. The second-order valence-electron chi connectivity index (χ2n) is 14.3. The highest BCUT2D eigenvalue weighted by Crippen LogP contribution is 2.89. The Bertz CT molecular complexity index is 997. The maximum Gasteiger partial charge on any atom is 0.244 e. The summed E-state index contributed by atoms with van der Waals surface area (Å²) in [6.45, 7) is 11.9. The van der Waals surface area contributed by atoms with Crippen molar-refractivity contribution in [1.82, 2.24) is 10.2 Å². The van der Waals surface area contributed by atoms with E-state index in [4.69, 9.17) is 9.15 Å². The van der Waals surface area contributed by atoms with Crippen LogP contribution in [0.15, 0.2) is 10.8 Å². The normalized spacial score (nSPS) is 59.3. The Morgan fingerprint density at radius 1 is 0.971 bits per heavy atom. The van der Waals surface area contributed by atoms with Crippen molar-refractivity contribution in [2.75, 3.05) is 0 Å². The summed E-state index contributed by atoms with van der Waals surface area (Å²) in [6.07, 6.45) is 9.41. The van der Waals surface area contributed by atoms with Gasteiger partial charge in [-0.2, -0.15) is 0 Å². The highest BCUT2D eigenvalue weighted by molar-refractivity contribution is 5.32. The average molecular weight is 471 g/mol. The summed E-state index contributed by atoms with van der Waals surface area (Å²) in [7, 11) is 0. The Morgan fingerprint density at radius 3 is 2.44 bits per heavy atom. The molecule has 0 aromatic carbocycles. The van der Waals surface area contributed by atoms with Crippen molar-refractivity contribution >= 4 is 0 Å². The molecule has 0 bridgehead atoms. The zero-order chi connectivity index (χ0) is 23.9. The summed E-state index contributed by atoms with van der Waals surface area (Å²) < 4.78 is 12.2. The van der Waals surface area contributed by atoms with E-state index in [9.17, 15) is 10.2 Å². The van der Waals surface area contributed by atoms with Gasteiger partial charge in [-0.1, -0.05) is 34.6 Å². The number of aliphatic hydroxyl groups is 2. The van der Waals surface area contributed by atoms with E-state index >= 15 is 0 Å². The van der Waals surface area contributed by atoms with E-state index in [0.717, 1.165) is 12.8 Å². The van der Waals surface area contributed by atoms with Gasteiger partial charge in [0.2, 0.25) is 12.3 Å². The lowest BCUT2D eigenvalue weighted by Gasteiger charge is -2.63. The first-order valence-electron chi connectivity index (χ1n) is 13.8. The van der Waals surface area contributed by atoms with Gasteiger partial charge in [0.1, 0.15) is 6.10 Å². The zero-order valence-corrected chi connectivity index (χ0v) is 21.5. The van der Waals surface area contributed by atoms with Gasteiger partial charge < -0.3 is 19.4 Å². The van der Waals surface area contributed by atoms with E-state index in [0.29, 0.717) is 40.4 Å². The molecule has 2 spiro atoms. The van der Waals surface area contributed by atoms with Gasteiger partial charge in [-0.15, -0.1) is 10.2 Å². The van der Waals surface area contributed by atoms with Crippen LogP contribution in [0.4, 0.5) is 0 Å². The Kier molecular flexibility index (Phi) is 4.23. The minimum Gasteiger partial charge on any atom is -0.425 e. The van der Waals surface area contributed by atoms with Gasteiger partial charge in [-0.25, -0.2) is 0 Å². The van der Waals surface area contributed by atoms with E-state index < -0.39 is 6.10 Å². The topological polar surface area (TPSA) is 88.6 Å². The summed E-state index contributed by atoms with van der Waals surface area (Å²) in [6, 6.07) is 0. The number of rotatable bonds is 1. The van der Waals surface area contributed by atoms with Crippen LogP contribution in [0.3, 0.4) is 0 Å². The molecule has 6 fully saturated rings. The molecule has 1 aromatic rings. The van der Waals surface area contributed by atoms with Gasteiger partial charge in [0.05, 0.1) is 18.3 Å². The van der Waals surface area contributed by atoms with Gasteiger partial charge in [-0.3, -0.25) is 0 Å². The van der Waals surface area contributed by atoms with E-state index in [1.807, 2.05) is 0 Å². The van der Waals surface area contributed by atoms with E-state index in [2.05, 4.69) is 44.8 Å². The van der Waals surface area contributed by atoms with Gasteiger partial charge in [0.15, 0.2) is 0 Å². The second-order valence-corrected chi connectivity index (χ2v) is 14.3. The number of nitrogens with zero attached hydrogens (tertiary/aromatic N) is 2. The fourth-order valence-electron chi connectivity index (χ4n) is 11.8. The molecule has 12 atom stereocenters. The molecule has 0 radical (unpaired) electrons. The number of ether oxygens (including phenoxy) is 1. The first kappa shape index (κ1) is 22.2. The lowest BCUT2D eigenvalue weighted by Crippen LogP contribution is -2.59. The third kappa shape index (κ3) is 2.23. The maximum absolute atomic E-state index is 12.2. The van der Waals surface area contributed by atoms with Gasteiger partial charge in [0.25, 0.3) is 0 Å². The molecule has 34 heavy (non-hydrogen) atoms. The highest BCUT2D eigenvalue weighted by atomic mass is 16.5. The van der Waals surface area contributed by atoms with Crippen LogP contribution in [-0.2, 0) is 4.74 Å². The lowest BCUT2D eigenvalue weighted by atomic mass is 9.41. The van der Waals surface area contributed by atoms with Crippen molar-refractivity contribution in [2.24, 2.45) is 50.7 Å². The molecule has 0 amide bonds. The SMILES string of the molecule is C[C@@H]1CC(c2nnco2)OC2[C@H]1[C@@]1(C)CC[C@@]34C[C@@]35CCC(O)C(C)(C)[C@@H]5CCC4[C@]1(C)[C@H]2O. The lowest BCUT2D eigenvalue weighted by molar-refractivity contribution is -0.182. The highest BCUT2D eigenvalue weighted by Gasteiger charge is 2.84. The van der Waals surface area contributed by atoms with Crippen LogP contribution in [0, 0.1) is 50.7 Å². The Hall–Kier alpha value is -0.980. The second kappa shape index (κ2) is 6.47. The van der Waals surface area contributed by atoms with E-state index in [1.54, 1.807) is 0 Å². The number of hydrogen-bond donors (Lipinski definition) is 2. The summed E-state index contributed by atoms with van der Waals surface area (Å²) >= 11 is 0. The molecule has 1 saturated heterocycles. The molecular formula is C28H42N2O4. The van der Waals surface area contributed by atoms with Crippen molar-refractivity contribution < 1.29 is 19.4 Å². The summed E-state index contributed by atoms with van der Waals surface area (Å²) in [4.78, 5) is 0. The molecule has 6 aliphatic rings. The van der Waals surface area contributed by atoms with Crippen LogP contribution in [0.5, 0.6) is 0 Å². The Morgan fingerprint density at radius 2 is 1.71 bits per heavy atom. The van der Waals surface area contributed by atoms with Crippen molar-refractivity contribution in [3.05, 3.63) is 12.3 Å². The third-order valence-corrected chi connectivity index (χ3v) is 13.4. The molecule has 188 valence electrons. The monoisotopic (exact) mass is 470 g/mol. The van der Waals surface area contributed by atoms with Crippen LogP contribution >= 0.6 is 0 Å². The average Bonchev–Trinajstić information content (AvgIpc) is 3.07. The van der Waals surface area contributed by atoms with Crippen molar-refractivity contribution in [1.29, 1.82) is 0 Å². The zero-order valence-electron chi connectivity index (χ0n) is 21.5. The van der Waals surface area contributed by atoms with E-state index in [1.165, 1.54) is 44.9 Å². The summed E-state index contributed by atoms with van der Waals surface area (Å²) in [5.41, 5.74) is 0.603. The van der Waals surface area contributed by atoms with Crippen LogP contribution in [0.1, 0.15) is 98.0 Å². The fraction of sp³-hybridized carbons (Fsp3) is 0.929. The van der Waals surface area contributed by atoms with Crippen molar-refractivity contribution in [3.8, 4) is 0 Å². The quantitative estimate of drug-likeness (QED) is 0.606. The Balaban J connectivity index is 1.27. The molecule has 5 saturated carbocycles. The largest absolute Gasteiger partial charge is 0.425 e. The van der Waals surface area contributed by atoms with Crippen LogP contribution < -0.4 is 0 Å². The van der Waals surface area contributed by atoms with Crippen LogP contribution in [0.25, 0.3) is 0 Å². The van der Waals surface area contributed by atoms with Crippen molar-refractivity contribution in [2.45, 2.75) is 110 Å². The number of hydrogen-bond acceptors (Lipinski definition) is 6. The first-order valence-corrected chi connectivity index (χ1v) is 13.8.